The molecule has 47 valence electrons. The Hall–Kier alpha value is -0.690. The normalized spacial score (nSPS) is 9.56. The Balaban J connectivity index is 3.17. The van der Waals surface area contributed by atoms with Crippen LogP contribution in [0.3, 0.4) is 0 Å². The third kappa shape index (κ3) is 1.36. The second-order valence-electron chi connectivity index (χ2n) is 1.85. The van der Waals surface area contributed by atoms with E-state index in [1.165, 1.54) is 0 Å². The van der Waals surface area contributed by atoms with E-state index in [2.05, 4.69) is 6.92 Å². The molecule has 0 aliphatic carbocycles. The Labute approximate surface area is 59.4 Å². The smallest absolute Gasteiger partial charge is 0.0458 e. The molecule has 1 aromatic carbocycles. The van der Waals surface area contributed by atoms with Crippen LogP contribution in [0.4, 0.5) is 5.69 Å². The van der Waals surface area contributed by atoms with Crippen LogP contribution in [-0.4, -0.2) is 0 Å². The van der Waals surface area contributed by atoms with Crippen LogP contribution in [0.5, 0.6) is 0 Å². The average molecular weight is 141 g/mol. The zero-order valence-corrected chi connectivity index (χ0v) is 5.65. The molecule has 0 unspecified atom stereocenters. The fraction of sp³-hybridized carbons (Fsp3) is 0. The lowest BCUT2D eigenvalue weighted by Gasteiger charge is -1.96. The minimum atomic E-state index is 0.620. The number of nitrogen functional groups attached to an aromatic ring is 1. The van der Waals surface area contributed by atoms with E-state index in [0.717, 1.165) is 5.56 Å². The van der Waals surface area contributed by atoms with Gasteiger partial charge in [0.15, 0.2) is 0 Å². The zero-order chi connectivity index (χ0) is 6.85. The Morgan fingerprint density at radius 2 is 2.11 bits per heavy atom. The Bertz CT molecular complexity index is 220. The van der Waals surface area contributed by atoms with Crippen LogP contribution < -0.4 is 5.73 Å². The summed E-state index contributed by atoms with van der Waals surface area (Å²) in [7, 11) is 0. The molecule has 1 rings (SSSR count). The predicted octanol–water partition coefficient (Wildman–Crippen LogP) is 2.10. The molecule has 0 amide bonds. The van der Waals surface area contributed by atoms with Gasteiger partial charge in [0.05, 0.1) is 0 Å². The molecular weight excluding hydrogens is 134 g/mol. The van der Waals surface area contributed by atoms with Crippen LogP contribution >= 0.6 is 11.6 Å². The summed E-state index contributed by atoms with van der Waals surface area (Å²) in [5, 5.41) is 0.620. The first kappa shape index (κ1) is 6.43. The highest BCUT2D eigenvalue weighted by atomic mass is 35.5. The summed E-state index contributed by atoms with van der Waals surface area (Å²) in [6, 6.07) is 5.25. The summed E-state index contributed by atoms with van der Waals surface area (Å²) in [6.07, 6.45) is 0. The maximum absolute atomic E-state index is 5.67. The first-order chi connectivity index (χ1) is 4.20. The third-order valence-corrected chi connectivity index (χ3v) is 1.43. The maximum Gasteiger partial charge on any atom is 0.0458 e. The Morgan fingerprint density at radius 1 is 1.44 bits per heavy atom. The molecule has 0 heterocycles. The van der Waals surface area contributed by atoms with Crippen LogP contribution in [0.1, 0.15) is 5.56 Å². The predicted molar refractivity (Wildman–Crippen MR) is 40.3 cm³/mol. The van der Waals surface area contributed by atoms with Crippen molar-refractivity contribution in [2.75, 3.05) is 5.73 Å². The molecule has 0 aliphatic heterocycles. The fourth-order valence-electron chi connectivity index (χ4n) is 0.564. The van der Waals surface area contributed by atoms with E-state index in [-0.39, 0.29) is 0 Å². The SMILES string of the molecule is [CH2]c1ccc(N)cc1Cl. The molecule has 0 atom stereocenters. The van der Waals surface area contributed by atoms with E-state index in [9.17, 15) is 0 Å². The molecule has 0 aliphatic rings. The van der Waals surface area contributed by atoms with E-state index in [1.807, 2.05) is 0 Å². The largest absolute Gasteiger partial charge is 0.399 e. The molecule has 0 saturated carbocycles. The maximum atomic E-state index is 5.67. The van der Waals surface area contributed by atoms with Crippen LogP contribution in [0, 0.1) is 6.92 Å². The minimum absolute atomic E-state index is 0.620. The zero-order valence-electron chi connectivity index (χ0n) is 4.89. The van der Waals surface area contributed by atoms with Crippen molar-refractivity contribution in [3.05, 3.63) is 35.7 Å². The second-order valence-corrected chi connectivity index (χ2v) is 2.26. The second kappa shape index (κ2) is 2.28. The number of hydrogen-bond acceptors (Lipinski definition) is 1. The van der Waals surface area contributed by atoms with Gasteiger partial charge < -0.3 is 5.73 Å². The molecule has 2 N–H and O–H groups in total. The summed E-state index contributed by atoms with van der Waals surface area (Å²) >= 11 is 5.67. The molecule has 1 nitrogen and oxygen atoms in total. The number of rotatable bonds is 0. The van der Waals surface area contributed by atoms with Gasteiger partial charge in [-0.1, -0.05) is 17.7 Å². The fourth-order valence-corrected chi connectivity index (χ4v) is 0.753. The molecule has 0 bridgehead atoms. The lowest BCUT2D eigenvalue weighted by Crippen LogP contribution is -1.83. The van der Waals surface area contributed by atoms with Crippen LogP contribution in [-0.2, 0) is 0 Å². The van der Waals surface area contributed by atoms with Gasteiger partial charge in [0, 0.05) is 10.7 Å². The summed E-state index contributed by atoms with van der Waals surface area (Å²) < 4.78 is 0. The topological polar surface area (TPSA) is 26.0 Å². The molecule has 9 heavy (non-hydrogen) atoms. The van der Waals surface area contributed by atoms with Crippen LogP contribution in [0.25, 0.3) is 0 Å². The third-order valence-electron chi connectivity index (χ3n) is 1.08. The van der Waals surface area contributed by atoms with Gasteiger partial charge in [0.25, 0.3) is 0 Å². The highest BCUT2D eigenvalue weighted by Crippen LogP contribution is 2.17. The summed E-state index contributed by atoms with van der Waals surface area (Å²) in [4.78, 5) is 0. The highest BCUT2D eigenvalue weighted by Gasteiger charge is 1.92. The molecule has 1 aromatic rings. The van der Waals surface area contributed by atoms with E-state index >= 15 is 0 Å². The number of anilines is 1. The Kier molecular flexibility index (Phi) is 1.63. The first-order valence-electron chi connectivity index (χ1n) is 2.57. The van der Waals surface area contributed by atoms with Crippen molar-refractivity contribution in [1.29, 1.82) is 0 Å². The molecule has 0 saturated heterocycles. The van der Waals surface area contributed by atoms with Crippen molar-refractivity contribution in [1.82, 2.24) is 0 Å². The number of nitrogens with two attached hydrogens (primary N) is 1. The number of hydrogen-bond donors (Lipinski definition) is 1. The molecule has 0 aromatic heterocycles. The van der Waals surface area contributed by atoms with Gasteiger partial charge in [0.2, 0.25) is 0 Å². The van der Waals surface area contributed by atoms with Crippen LogP contribution in [0.15, 0.2) is 18.2 Å². The van der Waals surface area contributed by atoms with E-state index in [0.29, 0.717) is 10.7 Å². The standard InChI is InChI=1S/C7H7ClN/c1-5-2-3-6(9)4-7(5)8/h2-4H,1,9H2. The van der Waals surface area contributed by atoms with Gasteiger partial charge in [-0.05, 0) is 24.6 Å². The lowest BCUT2D eigenvalue weighted by molar-refractivity contribution is 1.60. The monoisotopic (exact) mass is 140 g/mol. The van der Waals surface area contributed by atoms with Gasteiger partial charge in [0.1, 0.15) is 0 Å². The number of halogens is 1. The molecular formula is C7H7ClN. The van der Waals surface area contributed by atoms with E-state index < -0.39 is 0 Å². The van der Waals surface area contributed by atoms with Gasteiger partial charge in [-0.15, -0.1) is 0 Å². The van der Waals surface area contributed by atoms with Gasteiger partial charge in [-0.3, -0.25) is 0 Å². The average Bonchev–Trinajstić information content (AvgIpc) is 1.80. The van der Waals surface area contributed by atoms with E-state index in [4.69, 9.17) is 17.3 Å². The highest BCUT2D eigenvalue weighted by molar-refractivity contribution is 6.31. The minimum Gasteiger partial charge on any atom is -0.399 e. The summed E-state index contributed by atoms with van der Waals surface area (Å²) in [6.45, 7) is 3.67. The van der Waals surface area contributed by atoms with Crippen molar-refractivity contribution < 1.29 is 0 Å². The summed E-state index contributed by atoms with van der Waals surface area (Å²) in [5.74, 6) is 0. The van der Waals surface area contributed by atoms with Crippen molar-refractivity contribution in [3.8, 4) is 0 Å². The summed E-state index contributed by atoms with van der Waals surface area (Å²) in [5.41, 5.74) is 6.90. The van der Waals surface area contributed by atoms with Gasteiger partial charge >= 0.3 is 0 Å². The molecule has 1 radical (unpaired) electrons. The van der Waals surface area contributed by atoms with E-state index in [1.54, 1.807) is 18.2 Å². The van der Waals surface area contributed by atoms with Crippen LogP contribution in [0.2, 0.25) is 5.02 Å². The lowest BCUT2D eigenvalue weighted by atomic mass is 10.2. The molecule has 2 heteroatoms. The van der Waals surface area contributed by atoms with Gasteiger partial charge in [-0.25, -0.2) is 0 Å². The molecule has 0 fully saturated rings. The van der Waals surface area contributed by atoms with Crippen molar-refractivity contribution in [2.24, 2.45) is 0 Å². The van der Waals surface area contributed by atoms with Crippen molar-refractivity contribution >= 4 is 17.3 Å². The quantitative estimate of drug-likeness (QED) is 0.549. The molecule has 0 spiro atoms. The Morgan fingerprint density at radius 3 is 2.56 bits per heavy atom. The first-order valence-corrected chi connectivity index (χ1v) is 2.95. The van der Waals surface area contributed by atoms with Crippen molar-refractivity contribution in [2.45, 2.75) is 0 Å². The van der Waals surface area contributed by atoms with Crippen molar-refractivity contribution in [3.63, 3.8) is 0 Å². The van der Waals surface area contributed by atoms with Gasteiger partial charge in [-0.2, -0.15) is 0 Å². The number of benzene rings is 1.